The molecule has 1 aromatic rings. The van der Waals surface area contributed by atoms with Crippen LogP contribution in [0.2, 0.25) is 5.02 Å². The van der Waals surface area contributed by atoms with Gasteiger partial charge in [-0.3, -0.25) is 4.79 Å². The van der Waals surface area contributed by atoms with Crippen LogP contribution in [0.25, 0.3) is 0 Å². The highest BCUT2D eigenvalue weighted by molar-refractivity contribution is 7.89. The maximum atomic E-state index is 12.2. The van der Waals surface area contributed by atoms with Gasteiger partial charge < -0.3 is 0 Å². The van der Waals surface area contributed by atoms with E-state index in [0.29, 0.717) is 5.56 Å². The van der Waals surface area contributed by atoms with E-state index in [1.54, 1.807) is 26.8 Å². The summed E-state index contributed by atoms with van der Waals surface area (Å²) in [5, 5.41) is 0.110. The largest absolute Gasteiger partial charge is 0.294 e. The van der Waals surface area contributed by atoms with E-state index in [9.17, 15) is 13.2 Å². The molecule has 0 heterocycles. The summed E-state index contributed by atoms with van der Waals surface area (Å²) < 4.78 is 25.3. The van der Waals surface area contributed by atoms with Gasteiger partial charge in [-0.25, -0.2) is 12.7 Å². The third-order valence-electron chi connectivity index (χ3n) is 2.63. The number of halogens is 1. The zero-order valence-corrected chi connectivity index (χ0v) is 13.3. The maximum Gasteiger partial charge on any atom is 0.244 e. The Bertz CT molecular complexity index is 601. The molecule has 0 bridgehead atoms. The van der Waals surface area contributed by atoms with Gasteiger partial charge in [0.2, 0.25) is 10.0 Å². The van der Waals surface area contributed by atoms with Crippen molar-refractivity contribution in [2.24, 2.45) is 5.41 Å². The second-order valence-corrected chi connectivity index (χ2v) is 8.04. The summed E-state index contributed by atoms with van der Waals surface area (Å²) in [6.45, 7) is 5.35. The Morgan fingerprint density at radius 3 is 2.16 bits per heavy atom. The van der Waals surface area contributed by atoms with Crippen molar-refractivity contribution < 1.29 is 13.2 Å². The summed E-state index contributed by atoms with van der Waals surface area (Å²) >= 11 is 5.93. The molecule has 106 valence electrons. The van der Waals surface area contributed by atoms with Gasteiger partial charge in [0.25, 0.3) is 0 Å². The predicted molar refractivity (Wildman–Crippen MR) is 76.1 cm³/mol. The zero-order chi connectivity index (χ0) is 15.0. The lowest BCUT2D eigenvalue weighted by Gasteiger charge is -2.18. The molecule has 4 nitrogen and oxygen atoms in total. The van der Waals surface area contributed by atoms with Gasteiger partial charge in [0.1, 0.15) is 4.90 Å². The van der Waals surface area contributed by atoms with Crippen LogP contribution in [0.5, 0.6) is 0 Å². The lowest BCUT2D eigenvalue weighted by molar-refractivity contribution is 0.0858. The standard InChI is InChI=1S/C13H18ClNO3S/c1-13(2,3)12(16)9-6-7-10(14)11(8-9)19(17,18)15(4)5/h6-8H,1-5H3. The SMILES string of the molecule is CN(C)S(=O)(=O)c1cc(C(=O)C(C)(C)C)ccc1Cl. The minimum atomic E-state index is -3.66. The fraction of sp³-hybridized carbons (Fsp3) is 0.462. The summed E-state index contributed by atoms with van der Waals surface area (Å²) in [6.07, 6.45) is 0. The fourth-order valence-corrected chi connectivity index (χ4v) is 2.87. The first-order valence-corrected chi connectivity index (χ1v) is 7.56. The van der Waals surface area contributed by atoms with Crippen LogP contribution in [0.4, 0.5) is 0 Å². The molecular weight excluding hydrogens is 286 g/mol. The molecule has 0 aromatic heterocycles. The zero-order valence-electron chi connectivity index (χ0n) is 11.7. The third-order valence-corrected chi connectivity index (χ3v) is 4.93. The lowest BCUT2D eigenvalue weighted by atomic mass is 9.87. The Morgan fingerprint density at radius 1 is 1.21 bits per heavy atom. The van der Waals surface area contributed by atoms with Crippen molar-refractivity contribution >= 4 is 27.4 Å². The number of carbonyl (C=O) groups is 1. The molecule has 0 amide bonds. The highest BCUT2D eigenvalue weighted by Gasteiger charge is 2.26. The number of nitrogens with zero attached hydrogens (tertiary/aromatic N) is 1. The maximum absolute atomic E-state index is 12.2. The number of hydrogen-bond acceptors (Lipinski definition) is 3. The summed E-state index contributed by atoms with van der Waals surface area (Å²) in [5.74, 6) is -0.126. The number of Topliss-reactive ketones (excluding diaryl/α,β-unsaturated/α-hetero) is 1. The van der Waals surface area contributed by atoms with Crippen molar-refractivity contribution in [3.05, 3.63) is 28.8 Å². The third kappa shape index (κ3) is 3.35. The number of carbonyl (C=O) groups excluding carboxylic acids is 1. The van der Waals surface area contributed by atoms with Gasteiger partial charge in [-0.2, -0.15) is 0 Å². The fourth-order valence-electron chi connectivity index (χ4n) is 1.47. The molecule has 19 heavy (non-hydrogen) atoms. The van der Waals surface area contributed by atoms with Crippen LogP contribution in [0.3, 0.4) is 0 Å². The monoisotopic (exact) mass is 303 g/mol. The molecule has 0 unspecified atom stereocenters. The molecule has 0 aliphatic heterocycles. The molecular formula is C13H18ClNO3S. The summed E-state index contributed by atoms with van der Waals surface area (Å²) in [5.41, 5.74) is -0.232. The number of benzene rings is 1. The first-order valence-electron chi connectivity index (χ1n) is 5.75. The van der Waals surface area contributed by atoms with Crippen LogP contribution in [0.1, 0.15) is 31.1 Å². The Morgan fingerprint density at radius 2 is 1.74 bits per heavy atom. The first kappa shape index (κ1) is 16.1. The molecule has 0 spiro atoms. The van der Waals surface area contributed by atoms with Crippen LogP contribution < -0.4 is 0 Å². The molecule has 0 aliphatic carbocycles. The van der Waals surface area contributed by atoms with E-state index in [2.05, 4.69) is 0 Å². The molecule has 0 radical (unpaired) electrons. The van der Waals surface area contributed by atoms with Crippen LogP contribution in [-0.4, -0.2) is 32.6 Å². The summed E-state index contributed by atoms with van der Waals surface area (Å²) in [7, 11) is -0.819. The number of hydrogen-bond donors (Lipinski definition) is 0. The van der Waals surface area contributed by atoms with Gasteiger partial charge in [0.15, 0.2) is 5.78 Å². The van der Waals surface area contributed by atoms with Crippen LogP contribution in [-0.2, 0) is 10.0 Å². The average Bonchev–Trinajstić information content (AvgIpc) is 2.27. The van der Waals surface area contributed by atoms with Crippen molar-refractivity contribution in [3.8, 4) is 0 Å². The lowest BCUT2D eigenvalue weighted by Crippen LogP contribution is -2.24. The van der Waals surface area contributed by atoms with E-state index in [1.807, 2.05) is 0 Å². The highest BCUT2D eigenvalue weighted by atomic mass is 35.5. The molecule has 1 aromatic carbocycles. The van der Waals surface area contributed by atoms with Crippen molar-refractivity contribution in [1.29, 1.82) is 0 Å². The van der Waals surface area contributed by atoms with E-state index in [4.69, 9.17) is 11.6 Å². The minimum absolute atomic E-state index is 0.0470. The van der Waals surface area contributed by atoms with Gasteiger partial charge in [0, 0.05) is 25.1 Å². The first-order chi connectivity index (χ1) is 8.48. The highest BCUT2D eigenvalue weighted by Crippen LogP contribution is 2.28. The van der Waals surface area contributed by atoms with E-state index < -0.39 is 15.4 Å². The van der Waals surface area contributed by atoms with Crippen LogP contribution in [0.15, 0.2) is 23.1 Å². The Balaban J connectivity index is 3.43. The van der Waals surface area contributed by atoms with Gasteiger partial charge in [-0.1, -0.05) is 32.4 Å². The van der Waals surface area contributed by atoms with Crippen molar-refractivity contribution in [3.63, 3.8) is 0 Å². The van der Waals surface area contributed by atoms with E-state index in [0.717, 1.165) is 4.31 Å². The number of sulfonamides is 1. The number of rotatable bonds is 3. The molecule has 0 atom stereocenters. The van der Waals surface area contributed by atoms with Crippen LogP contribution >= 0.6 is 11.6 Å². The van der Waals surface area contributed by atoms with E-state index >= 15 is 0 Å². The second-order valence-electron chi connectivity index (χ2n) is 5.51. The minimum Gasteiger partial charge on any atom is -0.294 e. The molecule has 0 saturated carbocycles. The topological polar surface area (TPSA) is 54.5 Å². The van der Waals surface area contributed by atoms with Crippen molar-refractivity contribution in [2.45, 2.75) is 25.7 Å². The van der Waals surface area contributed by atoms with E-state index in [-0.39, 0.29) is 15.7 Å². The Kier molecular flexibility index (Phi) is 4.44. The van der Waals surface area contributed by atoms with Gasteiger partial charge in [-0.15, -0.1) is 0 Å². The molecule has 0 saturated heterocycles. The summed E-state index contributed by atoms with van der Waals surface area (Å²) in [4.78, 5) is 12.1. The smallest absolute Gasteiger partial charge is 0.244 e. The molecule has 0 N–H and O–H groups in total. The average molecular weight is 304 g/mol. The molecule has 0 fully saturated rings. The molecule has 6 heteroatoms. The normalized spacial score (nSPS) is 12.8. The summed E-state index contributed by atoms with van der Waals surface area (Å²) in [6, 6.07) is 4.33. The van der Waals surface area contributed by atoms with Gasteiger partial charge in [0.05, 0.1) is 5.02 Å². The predicted octanol–water partition coefficient (Wildman–Crippen LogP) is 2.82. The Labute approximate surface area is 119 Å². The molecule has 0 aliphatic rings. The number of ketones is 1. The molecule has 1 rings (SSSR count). The van der Waals surface area contributed by atoms with Crippen molar-refractivity contribution in [1.82, 2.24) is 4.31 Å². The quantitative estimate of drug-likeness (QED) is 0.807. The van der Waals surface area contributed by atoms with Gasteiger partial charge in [-0.05, 0) is 18.2 Å². The second kappa shape index (κ2) is 5.23. The Hall–Kier alpha value is -0.910. The van der Waals surface area contributed by atoms with Gasteiger partial charge >= 0.3 is 0 Å². The van der Waals surface area contributed by atoms with Crippen LogP contribution in [0, 0.1) is 5.41 Å². The van der Waals surface area contributed by atoms with Crippen molar-refractivity contribution in [2.75, 3.05) is 14.1 Å². The van der Waals surface area contributed by atoms with E-state index in [1.165, 1.54) is 26.2 Å².